The summed E-state index contributed by atoms with van der Waals surface area (Å²) in [6.45, 7) is 1.19. The number of hydrogen-bond donors (Lipinski definition) is 2. The van der Waals surface area contributed by atoms with Crippen LogP contribution in [0.25, 0.3) is 0 Å². The first-order chi connectivity index (χ1) is 10.7. The third kappa shape index (κ3) is 4.79. The lowest BCUT2D eigenvalue weighted by molar-refractivity contribution is -0.117. The van der Waals surface area contributed by atoms with Crippen molar-refractivity contribution < 1.29 is 9.53 Å². The highest BCUT2D eigenvalue weighted by atomic mass is 32.2. The molecule has 1 fully saturated rings. The molecule has 1 aliphatic rings. The molecule has 5 nitrogen and oxygen atoms in total. The van der Waals surface area contributed by atoms with E-state index in [1.165, 1.54) is 6.20 Å². The molecule has 0 aromatic heterocycles. The molecule has 1 aliphatic heterocycles. The molecule has 1 aromatic carbocycles. The van der Waals surface area contributed by atoms with Gasteiger partial charge in [0.1, 0.15) is 11.6 Å². The Morgan fingerprint density at radius 2 is 2.45 bits per heavy atom. The summed E-state index contributed by atoms with van der Waals surface area (Å²) in [7, 11) is 0. The molecule has 22 heavy (non-hydrogen) atoms. The highest BCUT2D eigenvalue weighted by molar-refractivity contribution is 7.98. The molecular formula is C16H19N3O2S. The van der Waals surface area contributed by atoms with Gasteiger partial charge in [0.15, 0.2) is 0 Å². The smallest absolute Gasteiger partial charge is 0.263 e. The second-order valence-electron chi connectivity index (χ2n) is 4.89. The molecule has 1 heterocycles. The Balaban J connectivity index is 1.91. The van der Waals surface area contributed by atoms with Gasteiger partial charge in [-0.3, -0.25) is 4.79 Å². The van der Waals surface area contributed by atoms with Crippen LogP contribution in [-0.4, -0.2) is 31.4 Å². The van der Waals surface area contributed by atoms with Gasteiger partial charge in [-0.1, -0.05) is 6.07 Å². The minimum Gasteiger partial charge on any atom is -0.376 e. The van der Waals surface area contributed by atoms with Crippen LogP contribution >= 0.6 is 11.8 Å². The van der Waals surface area contributed by atoms with Crippen molar-refractivity contribution in [3.05, 3.63) is 36.0 Å². The van der Waals surface area contributed by atoms with Gasteiger partial charge < -0.3 is 15.4 Å². The number of nitrogens with zero attached hydrogens (tertiary/aromatic N) is 1. The molecule has 2 rings (SSSR count). The van der Waals surface area contributed by atoms with Crippen molar-refractivity contribution >= 4 is 23.4 Å². The number of rotatable bonds is 6. The van der Waals surface area contributed by atoms with Crippen LogP contribution in [0.5, 0.6) is 0 Å². The fraction of sp³-hybridized carbons (Fsp3) is 0.375. The molecule has 6 heteroatoms. The Hall–Kier alpha value is -1.97. The van der Waals surface area contributed by atoms with Gasteiger partial charge in [-0.2, -0.15) is 5.26 Å². The predicted octanol–water partition coefficient (Wildman–Crippen LogP) is 2.52. The summed E-state index contributed by atoms with van der Waals surface area (Å²) in [6, 6.07) is 9.68. The first kappa shape index (κ1) is 16.4. The van der Waals surface area contributed by atoms with Gasteiger partial charge in [0.2, 0.25) is 0 Å². The Labute approximate surface area is 134 Å². The number of ether oxygens (including phenoxy) is 1. The maximum atomic E-state index is 12.0. The Kier molecular flexibility index (Phi) is 6.31. The van der Waals surface area contributed by atoms with Crippen LogP contribution in [0.3, 0.4) is 0 Å². The number of nitrogens with one attached hydrogen (secondary N) is 2. The van der Waals surface area contributed by atoms with Crippen molar-refractivity contribution in [1.29, 1.82) is 5.26 Å². The highest BCUT2D eigenvalue weighted by Gasteiger charge is 2.17. The van der Waals surface area contributed by atoms with Gasteiger partial charge in [0.25, 0.3) is 5.91 Å². The molecule has 1 unspecified atom stereocenters. The lowest BCUT2D eigenvalue weighted by Gasteiger charge is -2.10. The van der Waals surface area contributed by atoms with E-state index >= 15 is 0 Å². The molecule has 0 saturated carbocycles. The number of hydrogen-bond acceptors (Lipinski definition) is 5. The van der Waals surface area contributed by atoms with E-state index in [1.54, 1.807) is 11.8 Å². The van der Waals surface area contributed by atoms with Crippen molar-refractivity contribution in [2.75, 3.05) is 24.7 Å². The molecule has 2 N–H and O–H groups in total. The van der Waals surface area contributed by atoms with E-state index in [2.05, 4.69) is 10.6 Å². The SMILES string of the molecule is CSc1cccc(N/C=C(/C#N)C(=O)NCC2CCCO2)c1. The van der Waals surface area contributed by atoms with Crippen LogP contribution in [-0.2, 0) is 9.53 Å². The third-order valence-corrected chi connectivity index (χ3v) is 4.06. The maximum absolute atomic E-state index is 12.0. The molecule has 1 aromatic rings. The fourth-order valence-electron chi connectivity index (χ4n) is 2.12. The number of nitriles is 1. The van der Waals surface area contributed by atoms with Gasteiger partial charge in [-0.25, -0.2) is 0 Å². The van der Waals surface area contributed by atoms with Gasteiger partial charge in [-0.05, 0) is 37.3 Å². The average Bonchev–Trinajstić information content (AvgIpc) is 3.07. The zero-order valence-electron chi connectivity index (χ0n) is 12.5. The molecule has 116 valence electrons. The van der Waals surface area contributed by atoms with Gasteiger partial charge in [0, 0.05) is 29.9 Å². The number of carbonyl (C=O) groups excluding carboxylic acids is 1. The Morgan fingerprint density at radius 3 is 3.14 bits per heavy atom. The topological polar surface area (TPSA) is 74.2 Å². The molecule has 1 amide bonds. The lowest BCUT2D eigenvalue weighted by atomic mass is 10.2. The van der Waals surface area contributed by atoms with E-state index in [-0.39, 0.29) is 17.6 Å². The zero-order chi connectivity index (χ0) is 15.8. The minimum atomic E-state index is -0.383. The third-order valence-electron chi connectivity index (χ3n) is 3.33. The summed E-state index contributed by atoms with van der Waals surface area (Å²) >= 11 is 1.63. The largest absolute Gasteiger partial charge is 0.376 e. The van der Waals surface area contributed by atoms with Crippen molar-refractivity contribution in [2.24, 2.45) is 0 Å². The van der Waals surface area contributed by atoms with Crippen LogP contribution in [0.4, 0.5) is 5.69 Å². The summed E-state index contributed by atoms with van der Waals surface area (Å²) in [6.07, 6.45) is 5.47. The molecule has 0 aliphatic carbocycles. The average molecular weight is 317 g/mol. The van der Waals surface area contributed by atoms with E-state index in [0.717, 1.165) is 30.0 Å². The van der Waals surface area contributed by atoms with Crippen LogP contribution in [0.1, 0.15) is 12.8 Å². The van der Waals surface area contributed by atoms with Gasteiger partial charge in [-0.15, -0.1) is 11.8 Å². The summed E-state index contributed by atoms with van der Waals surface area (Å²) in [5.74, 6) is -0.383. The quantitative estimate of drug-likeness (QED) is 0.479. The van der Waals surface area contributed by atoms with Gasteiger partial charge >= 0.3 is 0 Å². The van der Waals surface area contributed by atoms with Crippen LogP contribution in [0, 0.1) is 11.3 Å². The van der Waals surface area contributed by atoms with Crippen molar-refractivity contribution in [3.63, 3.8) is 0 Å². The van der Waals surface area contributed by atoms with Crippen molar-refractivity contribution in [3.8, 4) is 6.07 Å². The summed E-state index contributed by atoms with van der Waals surface area (Å²) in [5.41, 5.74) is 0.888. The minimum absolute atomic E-state index is 0.0487. The first-order valence-corrected chi connectivity index (χ1v) is 8.36. The van der Waals surface area contributed by atoms with E-state index in [0.29, 0.717) is 6.54 Å². The highest BCUT2D eigenvalue weighted by Crippen LogP contribution is 2.19. The second-order valence-corrected chi connectivity index (χ2v) is 5.77. The first-order valence-electron chi connectivity index (χ1n) is 7.13. The summed E-state index contributed by atoms with van der Waals surface area (Å²) < 4.78 is 5.44. The molecule has 1 atom stereocenters. The Bertz CT molecular complexity index is 589. The molecule has 1 saturated heterocycles. The summed E-state index contributed by atoms with van der Waals surface area (Å²) in [4.78, 5) is 13.1. The molecule has 0 radical (unpaired) electrons. The van der Waals surface area contributed by atoms with E-state index < -0.39 is 0 Å². The number of carbonyl (C=O) groups is 1. The van der Waals surface area contributed by atoms with Gasteiger partial charge in [0.05, 0.1) is 6.10 Å². The maximum Gasteiger partial charge on any atom is 0.263 e. The van der Waals surface area contributed by atoms with Crippen LogP contribution in [0.15, 0.2) is 40.9 Å². The van der Waals surface area contributed by atoms with Crippen molar-refractivity contribution in [2.45, 2.75) is 23.8 Å². The lowest BCUT2D eigenvalue weighted by Crippen LogP contribution is -2.32. The van der Waals surface area contributed by atoms with Crippen molar-refractivity contribution in [1.82, 2.24) is 5.32 Å². The molecular weight excluding hydrogens is 298 g/mol. The van der Waals surface area contributed by atoms with Crippen LogP contribution in [0.2, 0.25) is 0 Å². The normalized spacial score (nSPS) is 17.8. The van der Waals surface area contributed by atoms with Crippen LogP contribution < -0.4 is 10.6 Å². The molecule has 0 bridgehead atoms. The zero-order valence-corrected chi connectivity index (χ0v) is 13.3. The number of anilines is 1. The fourth-order valence-corrected chi connectivity index (χ4v) is 2.58. The number of amides is 1. The van der Waals surface area contributed by atoms with E-state index in [9.17, 15) is 4.79 Å². The number of benzene rings is 1. The summed E-state index contributed by atoms with van der Waals surface area (Å²) in [5, 5.41) is 14.8. The second kappa shape index (κ2) is 8.47. The number of thioether (sulfide) groups is 1. The molecule has 0 spiro atoms. The van der Waals surface area contributed by atoms with E-state index in [1.807, 2.05) is 36.6 Å². The monoisotopic (exact) mass is 317 g/mol. The van der Waals surface area contributed by atoms with E-state index in [4.69, 9.17) is 10.00 Å². The standard InChI is InChI=1S/C16H19N3O2S/c1-22-15-6-2-4-13(8-15)18-10-12(9-17)16(20)19-11-14-5-3-7-21-14/h2,4,6,8,10,14,18H,3,5,7,11H2,1H3,(H,19,20)/b12-10-. The Morgan fingerprint density at radius 1 is 1.59 bits per heavy atom. The predicted molar refractivity (Wildman–Crippen MR) is 87.5 cm³/mol.